The van der Waals surface area contributed by atoms with Gasteiger partial charge in [0.1, 0.15) is 0 Å². The Balaban J connectivity index is 2.39. The minimum Gasteiger partial charge on any atom is -0.379 e. The maximum absolute atomic E-state index is 11.9. The number of aryl methyl sites for hydroxylation is 1. The van der Waals surface area contributed by atoms with Crippen LogP contribution in [0.15, 0.2) is 22.7 Å². The Bertz CT molecular complexity index is 405. The van der Waals surface area contributed by atoms with Crippen LogP contribution < -0.4 is 5.32 Å². The minimum absolute atomic E-state index is 0.0706. The van der Waals surface area contributed by atoms with Gasteiger partial charge in [0.25, 0.3) is 5.91 Å². The molecule has 0 saturated heterocycles. The lowest BCUT2D eigenvalue weighted by Crippen LogP contribution is -2.28. The standard InChI is InChI=1S/C14H20BrNO2/c1-10(2)9-18-8-7-16-14(17)12-6-4-5-11(3)13(12)15/h4-6,10H,7-9H2,1-3H3,(H,16,17). The maximum atomic E-state index is 11.9. The molecule has 1 aromatic carbocycles. The van der Waals surface area contributed by atoms with Crippen LogP contribution in [-0.2, 0) is 4.74 Å². The van der Waals surface area contributed by atoms with Gasteiger partial charge in [0, 0.05) is 17.6 Å². The number of carbonyl (C=O) groups excluding carboxylic acids is 1. The van der Waals surface area contributed by atoms with E-state index in [1.54, 1.807) is 6.07 Å². The molecule has 1 aromatic rings. The van der Waals surface area contributed by atoms with Crippen LogP contribution in [0.5, 0.6) is 0 Å². The van der Waals surface area contributed by atoms with Gasteiger partial charge in [0.2, 0.25) is 0 Å². The van der Waals surface area contributed by atoms with Gasteiger partial charge in [-0.3, -0.25) is 4.79 Å². The van der Waals surface area contributed by atoms with Gasteiger partial charge in [-0.25, -0.2) is 0 Å². The quantitative estimate of drug-likeness (QED) is 0.819. The van der Waals surface area contributed by atoms with Gasteiger partial charge in [-0.05, 0) is 40.4 Å². The third-order valence-corrected chi connectivity index (χ3v) is 3.47. The van der Waals surface area contributed by atoms with E-state index < -0.39 is 0 Å². The number of halogens is 1. The first-order valence-corrected chi connectivity index (χ1v) is 6.92. The molecule has 100 valence electrons. The number of nitrogens with one attached hydrogen (secondary N) is 1. The Kier molecular flexibility index (Phi) is 6.36. The molecule has 18 heavy (non-hydrogen) atoms. The normalized spacial score (nSPS) is 10.7. The average molecular weight is 314 g/mol. The zero-order chi connectivity index (χ0) is 13.5. The van der Waals surface area contributed by atoms with Crippen LogP contribution in [0.2, 0.25) is 0 Å². The summed E-state index contributed by atoms with van der Waals surface area (Å²) in [4.78, 5) is 11.9. The molecule has 1 amide bonds. The molecule has 0 unspecified atom stereocenters. The largest absolute Gasteiger partial charge is 0.379 e. The number of amides is 1. The lowest BCUT2D eigenvalue weighted by Gasteiger charge is -2.09. The lowest BCUT2D eigenvalue weighted by atomic mass is 10.1. The van der Waals surface area contributed by atoms with Crippen LogP contribution in [0.1, 0.15) is 29.8 Å². The third-order valence-electron chi connectivity index (χ3n) is 2.42. The Morgan fingerprint density at radius 2 is 2.17 bits per heavy atom. The Hall–Kier alpha value is -0.870. The number of benzene rings is 1. The summed E-state index contributed by atoms with van der Waals surface area (Å²) in [6.07, 6.45) is 0. The van der Waals surface area contributed by atoms with Crippen molar-refractivity contribution >= 4 is 21.8 Å². The molecule has 0 atom stereocenters. The Morgan fingerprint density at radius 1 is 1.44 bits per heavy atom. The SMILES string of the molecule is Cc1cccc(C(=O)NCCOCC(C)C)c1Br. The number of rotatable bonds is 6. The minimum atomic E-state index is -0.0706. The van der Waals surface area contributed by atoms with Crippen LogP contribution in [-0.4, -0.2) is 25.7 Å². The first-order valence-electron chi connectivity index (χ1n) is 6.13. The molecule has 0 aliphatic rings. The van der Waals surface area contributed by atoms with Crippen LogP contribution in [0, 0.1) is 12.8 Å². The molecule has 3 nitrogen and oxygen atoms in total. The molecular formula is C14H20BrNO2. The second-order valence-electron chi connectivity index (χ2n) is 4.66. The molecule has 4 heteroatoms. The molecule has 0 heterocycles. The van der Waals surface area contributed by atoms with Crippen molar-refractivity contribution in [2.24, 2.45) is 5.92 Å². The summed E-state index contributed by atoms with van der Waals surface area (Å²) in [6, 6.07) is 5.65. The van der Waals surface area contributed by atoms with Crippen molar-refractivity contribution < 1.29 is 9.53 Å². The molecule has 1 rings (SSSR count). The molecular weight excluding hydrogens is 294 g/mol. The van der Waals surface area contributed by atoms with E-state index in [0.29, 0.717) is 24.6 Å². The van der Waals surface area contributed by atoms with E-state index in [-0.39, 0.29) is 5.91 Å². The molecule has 0 aromatic heterocycles. The predicted octanol–water partition coefficient (Wildman–Crippen LogP) is 3.16. The van der Waals surface area contributed by atoms with E-state index in [4.69, 9.17) is 4.74 Å². The molecule has 0 aliphatic heterocycles. The summed E-state index contributed by atoms with van der Waals surface area (Å²) in [5.41, 5.74) is 1.72. The number of hydrogen-bond acceptors (Lipinski definition) is 2. The van der Waals surface area contributed by atoms with Crippen molar-refractivity contribution in [3.8, 4) is 0 Å². The molecule has 0 fully saturated rings. The average Bonchev–Trinajstić information content (AvgIpc) is 2.31. The molecule has 0 radical (unpaired) electrons. The second-order valence-corrected chi connectivity index (χ2v) is 5.45. The fraction of sp³-hybridized carbons (Fsp3) is 0.500. The number of hydrogen-bond donors (Lipinski definition) is 1. The van der Waals surface area contributed by atoms with E-state index in [9.17, 15) is 4.79 Å². The van der Waals surface area contributed by atoms with Crippen LogP contribution in [0.4, 0.5) is 0 Å². The smallest absolute Gasteiger partial charge is 0.252 e. The highest BCUT2D eigenvalue weighted by Gasteiger charge is 2.10. The second kappa shape index (κ2) is 7.54. The zero-order valence-corrected chi connectivity index (χ0v) is 12.7. The van der Waals surface area contributed by atoms with Crippen molar-refractivity contribution in [3.05, 3.63) is 33.8 Å². The molecule has 0 spiro atoms. The monoisotopic (exact) mass is 313 g/mol. The van der Waals surface area contributed by atoms with E-state index in [1.807, 2.05) is 19.1 Å². The summed E-state index contributed by atoms with van der Waals surface area (Å²) < 4.78 is 6.26. The van der Waals surface area contributed by atoms with Crippen LogP contribution in [0.3, 0.4) is 0 Å². The van der Waals surface area contributed by atoms with E-state index >= 15 is 0 Å². The van der Waals surface area contributed by atoms with Gasteiger partial charge in [0.05, 0.1) is 12.2 Å². The van der Waals surface area contributed by atoms with Gasteiger partial charge < -0.3 is 10.1 Å². The topological polar surface area (TPSA) is 38.3 Å². The summed E-state index contributed by atoms with van der Waals surface area (Å²) >= 11 is 3.43. The molecule has 0 aliphatic carbocycles. The number of ether oxygens (including phenoxy) is 1. The van der Waals surface area contributed by atoms with Gasteiger partial charge in [-0.2, -0.15) is 0 Å². The Morgan fingerprint density at radius 3 is 2.83 bits per heavy atom. The van der Waals surface area contributed by atoms with E-state index in [1.165, 1.54) is 0 Å². The first kappa shape index (κ1) is 15.2. The predicted molar refractivity (Wildman–Crippen MR) is 76.9 cm³/mol. The van der Waals surface area contributed by atoms with Gasteiger partial charge in [-0.1, -0.05) is 26.0 Å². The highest BCUT2D eigenvalue weighted by molar-refractivity contribution is 9.10. The molecule has 0 saturated carbocycles. The zero-order valence-electron chi connectivity index (χ0n) is 11.1. The van der Waals surface area contributed by atoms with Gasteiger partial charge in [-0.15, -0.1) is 0 Å². The van der Waals surface area contributed by atoms with Crippen molar-refractivity contribution in [2.45, 2.75) is 20.8 Å². The highest BCUT2D eigenvalue weighted by atomic mass is 79.9. The van der Waals surface area contributed by atoms with E-state index in [2.05, 4.69) is 35.1 Å². The summed E-state index contributed by atoms with van der Waals surface area (Å²) in [7, 11) is 0. The van der Waals surface area contributed by atoms with Crippen molar-refractivity contribution in [2.75, 3.05) is 19.8 Å². The summed E-state index contributed by atoms with van der Waals surface area (Å²) in [5.74, 6) is 0.449. The fourth-order valence-corrected chi connectivity index (χ4v) is 1.92. The highest BCUT2D eigenvalue weighted by Crippen LogP contribution is 2.20. The fourth-order valence-electron chi connectivity index (χ4n) is 1.47. The molecule has 1 N–H and O–H groups in total. The molecule has 0 bridgehead atoms. The number of carbonyl (C=O) groups is 1. The van der Waals surface area contributed by atoms with Gasteiger partial charge >= 0.3 is 0 Å². The maximum Gasteiger partial charge on any atom is 0.252 e. The third kappa shape index (κ3) is 4.78. The summed E-state index contributed by atoms with van der Waals surface area (Å²) in [5, 5.41) is 2.85. The van der Waals surface area contributed by atoms with E-state index in [0.717, 1.165) is 16.6 Å². The Labute approximate surface area is 117 Å². The van der Waals surface area contributed by atoms with Crippen molar-refractivity contribution in [3.63, 3.8) is 0 Å². The van der Waals surface area contributed by atoms with Crippen LogP contribution >= 0.6 is 15.9 Å². The van der Waals surface area contributed by atoms with Gasteiger partial charge in [0.15, 0.2) is 0 Å². The lowest BCUT2D eigenvalue weighted by molar-refractivity contribution is 0.0885. The first-order chi connectivity index (χ1) is 8.52. The van der Waals surface area contributed by atoms with Crippen LogP contribution in [0.25, 0.3) is 0 Å². The van der Waals surface area contributed by atoms with Crippen molar-refractivity contribution in [1.29, 1.82) is 0 Å². The van der Waals surface area contributed by atoms with Crippen molar-refractivity contribution in [1.82, 2.24) is 5.32 Å². The summed E-state index contributed by atoms with van der Waals surface area (Å²) in [6.45, 7) is 7.97.